The van der Waals surface area contributed by atoms with Gasteiger partial charge in [-0.25, -0.2) is 0 Å². The van der Waals surface area contributed by atoms with Crippen LogP contribution in [0.15, 0.2) is 12.7 Å². The molecule has 0 bridgehead atoms. The molecule has 18 heavy (non-hydrogen) atoms. The maximum absolute atomic E-state index is 4.06. The van der Waals surface area contributed by atoms with Gasteiger partial charge in [0.2, 0.25) is 0 Å². The van der Waals surface area contributed by atoms with Gasteiger partial charge in [-0.1, -0.05) is 53.0 Å². The molecule has 0 aromatic carbocycles. The molecule has 106 valence electrons. The van der Waals surface area contributed by atoms with Crippen LogP contribution in [-0.2, 0) is 0 Å². The van der Waals surface area contributed by atoms with E-state index in [4.69, 9.17) is 0 Å². The zero-order valence-corrected chi connectivity index (χ0v) is 13.2. The van der Waals surface area contributed by atoms with Crippen molar-refractivity contribution in [1.82, 2.24) is 0 Å². The second-order valence-corrected chi connectivity index (χ2v) is 7.38. The summed E-state index contributed by atoms with van der Waals surface area (Å²) in [5.41, 5.74) is 0.556. The lowest BCUT2D eigenvalue weighted by molar-refractivity contribution is 0.200. The molecule has 0 saturated heterocycles. The van der Waals surface area contributed by atoms with E-state index < -0.39 is 0 Å². The predicted molar refractivity (Wildman–Crippen MR) is 82.7 cm³/mol. The van der Waals surface area contributed by atoms with Crippen molar-refractivity contribution in [1.29, 1.82) is 0 Å². The van der Waals surface area contributed by atoms with Gasteiger partial charge in [0.15, 0.2) is 0 Å². The van der Waals surface area contributed by atoms with E-state index >= 15 is 0 Å². The van der Waals surface area contributed by atoms with Gasteiger partial charge in [0.05, 0.1) is 0 Å². The molecular formula is C18H34. The van der Waals surface area contributed by atoms with Crippen LogP contribution in [0, 0.1) is 23.2 Å². The largest absolute Gasteiger partial charge is 0.103 e. The summed E-state index contributed by atoms with van der Waals surface area (Å²) in [6.45, 7) is 13.6. The average molecular weight is 250 g/mol. The van der Waals surface area contributed by atoms with Crippen molar-refractivity contribution < 1.29 is 0 Å². The third-order valence-electron chi connectivity index (χ3n) is 4.97. The van der Waals surface area contributed by atoms with Gasteiger partial charge in [-0.15, -0.1) is 6.58 Å². The van der Waals surface area contributed by atoms with Crippen LogP contribution in [-0.4, -0.2) is 0 Å². The zero-order valence-electron chi connectivity index (χ0n) is 13.2. The lowest BCUT2D eigenvalue weighted by Gasteiger charge is -2.34. The van der Waals surface area contributed by atoms with Crippen molar-refractivity contribution in [2.75, 3.05) is 0 Å². The maximum atomic E-state index is 4.06. The summed E-state index contributed by atoms with van der Waals surface area (Å²) in [4.78, 5) is 0. The Kier molecular flexibility index (Phi) is 6.46. The van der Waals surface area contributed by atoms with E-state index in [1.807, 2.05) is 0 Å². The third-order valence-corrected chi connectivity index (χ3v) is 4.97. The first-order valence-electron chi connectivity index (χ1n) is 8.11. The van der Waals surface area contributed by atoms with E-state index in [9.17, 15) is 0 Å². The van der Waals surface area contributed by atoms with Crippen LogP contribution in [0.4, 0.5) is 0 Å². The molecule has 3 atom stereocenters. The van der Waals surface area contributed by atoms with Crippen LogP contribution in [0.5, 0.6) is 0 Å². The Morgan fingerprint density at radius 1 is 1.22 bits per heavy atom. The number of hydrogen-bond acceptors (Lipinski definition) is 0. The van der Waals surface area contributed by atoms with E-state index in [2.05, 4.69) is 40.3 Å². The number of allylic oxidation sites excluding steroid dienone is 1. The van der Waals surface area contributed by atoms with Gasteiger partial charge in [-0.3, -0.25) is 0 Å². The SMILES string of the molecule is C=CC1CC(C)CCC1CCCC(C)(C)CCC. The fourth-order valence-corrected chi connectivity index (χ4v) is 3.78. The van der Waals surface area contributed by atoms with E-state index in [-0.39, 0.29) is 0 Å². The molecule has 0 aromatic rings. The standard InChI is InChI=1S/C18H34/c1-6-12-18(4,5)13-8-9-17-11-10-15(3)14-16(17)7-2/h7,15-17H,2,6,8-14H2,1,3-5H3. The average Bonchev–Trinajstić information content (AvgIpc) is 2.30. The Labute approximate surface area is 115 Å². The van der Waals surface area contributed by atoms with E-state index in [1.54, 1.807) is 0 Å². The molecular weight excluding hydrogens is 216 g/mol. The molecule has 3 unspecified atom stereocenters. The predicted octanol–water partition coefficient (Wildman–Crippen LogP) is 6.22. The van der Waals surface area contributed by atoms with Gasteiger partial charge in [-0.05, 0) is 55.3 Å². The van der Waals surface area contributed by atoms with Gasteiger partial charge < -0.3 is 0 Å². The first-order chi connectivity index (χ1) is 8.48. The summed E-state index contributed by atoms with van der Waals surface area (Å²) in [6, 6.07) is 0. The molecule has 0 heterocycles. The van der Waals surface area contributed by atoms with Crippen molar-refractivity contribution in [3.63, 3.8) is 0 Å². The van der Waals surface area contributed by atoms with Crippen LogP contribution in [0.1, 0.15) is 79.1 Å². The second-order valence-electron chi connectivity index (χ2n) is 7.38. The first-order valence-corrected chi connectivity index (χ1v) is 8.11. The third kappa shape index (κ3) is 5.16. The summed E-state index contributed by atoms with van der Waals surface area (Å²) in [7, 11) is 0. The Morgan fingerprint density at radius 3 is 2.56 bits per heavy atom. The highest BCUT2D eigenvalue weighted by Crippen LogP contribution is 2.38. The van der Waals surface area contributed by atoms with Gasteiger partial charge in [0.25, 0.3) is 0 Å². The van der Waals surface area contributed by atoms with Crippen LogP contribution in [0.25, 0.3) is 0 Å². The quantitative estimate of drug-likeness (QED) is 0.470. The first kappa shape index (κ1) is 15.8. The van der Waals surface area contributed by atoms with E-state index in [1.165, 1.54) is 51.4 Å². The Hall–Kier alpha value is -0.260. The van der Waals surface area contributed by atoms with Crippen LogP contribution in [0.2, 0.25) is 0 Å². The molecule has 0 nitrogen and oxygen atoms in total. The molecule has 1 fully saturated rings. The fraction of sp³-hybridized carbons (Fsp3) is 0.889. The molecule has 0 radical (unpaired) electrons. The van der Waals surface area contributed by atoms with Crippen LogP contribution < -0.4 is 0 Å². The smallest absolute Gasteiger partial charge is 0.0205 e. The van der Waals surface area contributed by atoms with Gasteiger partial charge >= 0.3 is 0 Å². The van der Waals surface area contributed by atoms with Crippen molar-refractivity contribution in [2.45, 2.75) is 79.1 Å². The van der Waals surface area contributed by atoms with Crippen LogP contribution >= 0.6 is 0 Å². The molecule has 1 aliphatic rings. The van der Waals surface area contributed by atoms with Gasteiger partial charge in [0.1, 0.15) is 0 Å². The molecule has 0 aromatic heterocycles. The fourth-order valence-electron chi connectivity index (χ4n) is 3.78. The summed E-state index contributed by atoms with van der Waals surface area (Å²) in [5, 5.41) is 0. The highest BCUT2D eigenvalue weighted by Gasteiger charge is 2.26. The summed E-state index contributed by atoms with van der Waals surface area (Å²) >= 11 is 0. The lowest BCUT2D eigenvalue weighted by Crippen LogP contribution is -2.22. The molecule has 0 N–H and O–H groups in total. The molecule has 1 aliphatic carbocycles. The molecule has 0 aliphatic heterocycles. The highest BCUT2D eigenvalue weighted by atomic mass is 14.3. The molecule has 1 rings (SSSR count). The second kappa shape index (κ2) is 7.36. The molecule has 0 amide bonds. The van der Waals surface area contributed by atoms with E-state index in [0.29, 0.717) is 5.41 Å². The molecule has 1 saturated carbocycles. The van der Waals surface area contributed by atoms with E-state index in [0.717, 1.165) is 17.8 Å². The van der Waals surface area contributed by atoms with Crippen molar-refractivity contribution in [3.05, 3.63) is 12.7 Å². The molecule has 0 heteroatoms. The van der Waals surface area contributed by atoms with Crippen molar-refractivity contribution in [3.8, 4) is 0 Å². The molecule has 0 spiro atoms. The number of hydrogen-bond donors (Lipinski definition) is 0. The Morgan fingerprint density at radius 2 is 1.94 bits per heavy atom. The highest BCUT2D eigenvalue weighted by molar-refractivity contribution is 4.89. The Bertz CT molecular complexity index is 238. The van der Waals surface area contributed by atoms with Gasteiger partial charge in [0, 0.05) is 0 Å². The topological polar surface area (TPSA) is 0 Å². The minimum Gasteiger partial charge on any atom is -0.103 e. The zero-order chi connectivity index (χ0) is 13.6. The summed E-state index contributed by atoms with van der Waals surface area (Å²) < 4.78 is 0. The van der Waals surface area contributed by atoms with Crippen LogP contribution in [0.3, 0.4) is 0 Å². The lowest BCUT2D eigenvalue weighted by atomic mass is 9.72. The van der Waals surface area contributed by atoms with Crippen molar-refractivity contribution in [2.24, 2.45) is 23.2 Å². The Balaban J connectivity index is 2.31. The normalized spacial score (nSPS) is 29.2. The minimum absolute atomic E-state index is 0.556. The summed E-state index contributed by atoms with van der Waals surface area (Å²) in [5.74, 6) is 2.64. The monoisotopic (exact) mass is 250 g/mol. The maximum Gasteiger partial charge on any atom is -0.0205 e. The summed E-state index contributed by atoms with van der Waals surface area (Å²) in [6.07, 6.45) is 13.4. The minimum atomic E-state index is 0.556. The van der Waals surface area contributed by atoms with Gasteiger partial charge in [-0.2, -0.15) is 0 Å². The number of rotatable bonds is 7. The van der Waals surface area contributed by atoms with Crippen molar-refractivity contribution >= 4 is 0 Å².